The van der Waals surface area contributed by atoms with Gasteiger partial charge in [-0.2, -0.15) is 9.13 Å². The maximum absolute atomic E-state index is 3.76. The van der Waals surface area contributed by atoms with E-state index in [1.807, 2.05) is 6.08 Å². The minimum absolute atomic E-state index is 0.939. The second-order valence-electron chi connectivity index (χ2n) is 5.13. The van der Waals surface area contributed by atoms with Crippen LogP contribution in [0.4, 0.5) is 0 Å². The minimum atomic E-state index is 0.939. The molecule has 0 spiro atoms. The second-order valence-corrected chi connectivity index (χ2v) is 5.13. The van der Waals surface area contributed by atoms with E-state index in [0.29, 0.717) is 0 Å². The van der Waals surface area contributed by atoms with Crippen molar-refractivity contribution < 1.29 is 9.13 Å². The SMILES string of the molecule is C=CCc1cc[n+](CC[n+]2ccc(CCC)cc2)cc1. The Bertz CT molecular complexity index is 526. The monoisotopic (exact) mass is 268 g/mol. The Labute approximate surface area is 122 Å². The third kappa shape index (κ3) is 4.30. The zero-order chi connectivity index (χ0) is 14.2. The molecule has 0 radical (unpaired) electrons. The Morgan fingerprint density at radius 1 is 0.900 bits per heavy atom. The summed E-state index contributed by atoms with van der Waals surface area (Å²) in [6.07, 6.45) is 13.9. The predicted molar refractivity (Wildman–Crippen MR) is 81.2 cm³/mol. The van der Waals surface area contributed by atoms with Gasteiger partial charge in [0.25, 0.3) is 0 Å². The van der Waals surface area contributed by atoms with E-state index in [4.69, 9.17) is 0 Å². The van der Waals surface area contributed by atoms with Crippen molar-refractivity contribution in [1.29, 1.82) is 0 Å². The Kier molecular flexibility index (Phi) is 5.48. The van der Waals surface area contributed by atoms with Gasteiger partial charge in [0, 0.05) is 24.3 Å². The topological polar surface area (TPSA) is 7.76 Å². The lowest BCUT2D eigenvalue weighted by Gasteiger charge is -1.99. The summed E-state index contributed by atoms with van der Waals surface area (Å²) >= 11 is 0. The molecule has 0 fully saturated rings. The summed E-state index contributed by atoms with van der Waals surface area (Å²) in [5.74, 6) is 0. The number of pyridine rings is 2. The average molecular weight is 268 g/mol. The average Bonchev–Trinajstić information content (AvgIpc) is 2.49. The third-order valence-corrected chi connectivity index (χ3v) is 3.46. The number of rotatable bonds is 7. The third-order valence-electron chi connectivity index (χ3n) is 3.46. The number of hydrogen-bond donors (Lipinski definition) is 0. The summed E-state index contributed by atoms with van der Waals surface area (Å²) in [5, 5.41) is 0. The highest BCUT2D eigenvalue weighted by Gasteiger charge is 2.06. The quantitative estimate of drug-likeness (QED) is 0.539. The fourth-order valence-electron chi connectivity index (χ4n) is 2.26. The van der Waals surface area contributed by atoms with Crippen molar-refractivity contribution in [2.24, 2.45) is 0 Å². The zero-order valence-electron chi connectivity index (χ0n) is 12.3. The van der Waals surface area contributed by atoms with Crippen molar-refractivity contribution in [2.75, 3.05) is 0 Å². The molecule has 104 valence electrons. The highest BCUT2D eigenvalue weighted by molar-refractivity contribution is 5.10. The van der Waals surface area contributed by atoms with Gasteiger partial charge in [0.05, 0.1) is 0 Å². The molecule has 0 amide bonds. The van der Waals surface area contributed by atoms with E-state index in [9.17, 15) is 0 Å². The van der Waals surface area contributed by atoms with Crippen LogP contribution in [-0.4, -0.2) is 0 Å². The van der Waals surface area contributed by atoms with Gasteiger partial charge in [-0.25, -0.2) is 0 Å². The molecule has 2 heteroatoms. The summed E-state index contributed by atoms with van der Waals surface area (Å²) in [7, 11) is 0. The van der Waals surface area contributed by atoms with Crippen LogP contribution in [0.5, 0.6) is 0 Å². The summed E-state index contributed by atoms with van der Waals surface area (Å²) in [6.45, 7) is 7.97. The van der Waals surface area contributed by atoms with E-state index < -0.39 is 0 Å². The Morgan fingerprint density at radius 3 is 1.85 bits per heavy atom. The molecule has 2 aromatic rings. The lowest BCUT2D eigenvalue weighted by atomic mass is 10.2. The fraction of sp³-hybridized carbons (Fsp3) is 0.333. The first kappa shape index (κ1) is 14.4. The number of allylic oxidation sites excluding steroid dienone is 1. The van der Waals surface area contributed by atoms with Crippen molar-refractivity contribution in [3.05, 3.63) is 72.8 Å². The van der Waals surface area contributed by atoms with Crippen LogP contribution in [0.3, 0.4) is 0 Å². The van der Waals surface area contributed by atoms with Crippen LogP contribution in [-0.2, 0) is 25.9 Å². The smallest absolute Gasteiger partial charge is 0.198 e. The van der Waals surface area contributed by atoms with E-state index >= 15 is 0 Å². The van der Waals surface area contributed by atoms with E-state index in [1.54, 1.807) is 0 Å². The van der Waals surface area contributed by atoms with Gasteiger partial charge >= 0.3 is 0 Å². The molecule has 2 rings (SSSR count). The first-order valence-corrected chi connectivity index (χ1v) is 7.38. The van der Waals surface area contributed by atoms with Crippen LogP contribution < -0.4 is 9.13 Å². The molecule has 0 saturated carbocycles. The van der Waals surface area contributed by atoms with Crippen molar-refractivity contribution in [3.8, 4) is 0 Å². The first-order valence-electron chi connectivity index (χ1n) is 7.38. The molecule has 0 aromatic carbocycles. The lowest BCUT2D eigenvalue weighted by Crippen LogP contribution is -2.43. The Hall–Kier alpha value is -1.96. The van der Waals surface area contributed by atoms with E-state index in [1.165, 1.54) is 24.0 Å². The first-order chi connectivity index (χ1) is 9.81. The van der Waals surface area contributed by atoms with Gasteiger partial charge in [-0.1, -0.05) is 19.4 Å². The predicted octanol–water partition coefficient (Wildman–Crippen LogP) is 2.64. The van der Waals surface area contributed by atoms with Crippen LogP contribution >= 0.6 is 0 Å². The molecule has 2 aromatic heterocycles. The molecule has 0 saturated heterocycles. The van der Waals surface area contributed by atoms with Crippen LogP contribution in [0.25, 0.3) is 0 Å². The molecule has 0 N–H and O–H groups in total. The maximum atomic E-state index is 3.76. The molecule has 0 aliphatic carbocycles. The van der Waals surface area contributed by atoms with Crippen molar-refractivity contribution in [1.82, 2.24) is 0 Å². The lowest BCUT2D eigenvalue weighted by molar-refractivity contribution is -0.778. The van der Waals surface area contributed by atoms with Crippen LogP contribution in [0, 0.1) is 0 Å². The molecule has 0 bridgehead atoms. The summed E-state index contributed by atoms with van der Waals surface area (Å²) < 4.78 is 4.46. The van der Waals surface area contributed by atoms with Gasteiger partial charge in [0.2, 0.25) is 13.1 Å². The van der Waals surface area contributed by atoms with E-state index in [2.05, 4.69) is 71.7 Å². The van der Waals surface area contributed by atoms with Gasteiger partial charge in [-0.05, 0) is 24.0 Å². The summed E-state index contributed by atoms with van der Waals surface area (Å²) in [5.41, 5.74) is 2.73. The van der Waals surface area contributed by atoms with Gasteiger partial charge in [0.15, 0.2) is 24.8 Å². The zero-order valence-corrected chi connectivity index (χ0v) is 12.3. The molecule has 0 aliphatic heterocycles. The second kappa shape index (κ2) is 7.59. The largest absolute Gasteiger partial charge is 0.206 e. The van der Waals surface area contributed by atoms with Crippen molar-refractivity contribution >= 4 is 0 Å². The Balaban J connectivity index is 1.89. The normalized spacial score (nSPS) is 10.4. The number of aryl methyl sites for hydroxylation is 3. The Morgan fingerprint density at radius 2 is 1.40 bits per heavy atom. The molecule has 0 unspecified atom stereocenters. The van der Waals surface area contributed by atoms with Crippen LogP contribution in [0.15, 0.2) is 61.7 Å². The highest BCUT2D eigenvalue weighted by Crippen LogP contribution is 1.99. The number of nitrogens with zero attached hydrogens (tertiary/aromatic N) is 2. The van der Waals surface area contributed by atoms with E-state index in [0.717, 1.165) is 19.5 Å². The highest BCUT2D eigenvalue weighted by atomic mass is 15.0. The van der Waals surface area contributed by atoms with Crippen molar-refractivity contribution in [3.63, 3.8) is 0 Å². The molecular weight excluding hydrogens is 244 g/mol. The minimum Gasteiger partial charge on any atom is -0.198 e. The van der Waals surface area contributed by atoms with Gasteiger partial charge < -0.3 is 0 Å². The standard InChI is InChI=1S/C18H24N2/c1-3-5-17-7-11-19(12-8-17)15-16-20-13-9-18(6-4-2)10-14-20/h3,7-14H,1,4-6,15-16H2,2H3/q+2. The molecular formula is C18H24N2+2. The molecule has 20 heavy (non-hydrogen) atoms. The van der Waals surface area contributed by atoms with Crippen LogP contribution in [0.2, 0.25) is 0 Å². The molecule has 2 nitrogen and oxygen atoms in total. The van der Waals surface area contributed by atoms with Gasteiger partial charge in [-0.15, -0.1) is 6.58 Å². The molecule has 0 atom stereocenters. The van der Waals surface area contributed by atoms with Crippen molar-refractivity contribution in [2.45, 2.75) is 39.3 Å². The summed E-state index contributed by atoms with van der Waals surface area (Å²) in [4.78, 5) is 0. The molecule has 2 heterocycles. The maximum Gasteiger partial charge on any atom is 0.206 e. The van der Waals surface area contributed by atoms with Crippen LogP contribution in [0.1, 0.15) is 24.5 Å². The number of hydrogen-bond acceptors (Lipinski definition) is 0. The fourth-order valence-corrected chi connectivity index (χ4v) is 2.26. The van der Waals surface area contributed by atoms with E-state index in [-0.39, 0.29) is 0 Å². The van der Waals surface area contributed by atoms with Gasteiger partial charge in [-0.3, -0.25) is 0 Å². The molecule has 0 aliphatic rings. The summed E-state index contributed by atoms with van der Waals surface area (Å²) in [6, 6.07) is 8.77. The van der Waals surface area contributed by atoms with Gasteiger partial charge in [0.1, 0.15) is 0 Å². The number of aromatic nitrogens is 2.